The first-order valence-corrected chi connectivity index (χ1v) is 5.70. The van der Waals surface area contributed by atoms with E-state index in [2.05, 4.69) is 4.98 Å². The minimum Gasteiger partial charge on any atom is -0.466 e. The van der Waals surface area contributed by atoms with Crippen LogP contribution >= 0.6 is 0 Å². The fraction of sp³-hybridized carbons (Fsp3) is 0.500. The number of aliphatic hydroxyl groups excluding tert-OH is 2. The van der Waals surface area contributed by atoms with Crippen molar-refractivity contribution in [3.63, 3.8) is 0 Å². The summed E-state index contributed by atoms with van der Waals surface area (Å²) in [5, 5.41) is 19.7. The van der Waals surface area contributed by atoms with E-state index in [0.29, 0.717) is 17.1 Å². The van der Waals surface area contributed by atoms with E-state index >= 15 is 0 Å². The highest BCUT2D eigenvalue weighted by Crippen LogP contribution is 2.22. The molecule has 6 heteroatoms. The lowest BCUT2D eigenvalue weighted by Gasteiger charge is -2.18. The summed E-state index contributed by atoms with van der Waals surface area (Å²) in [5.74, 6) is -0.214. The summed E-state index contributed by atoms with van der Waals surface area (Å²) >= 11 is 0. The van der Waals surface area contributed by atoms with Gasteiger partial charge in [-0.15, -0.1) is 0 Å². The van der Waals surface area contributed by atoms with Gasteiger partial charge in [0, 0.05) is 11.3 Å². The van der Waals surface area contributed by atoms with Crippen LogP contribution in [0, 0.1) is 6.92 Å². The number of hydrogen-bond donors (Lipinski definition) is 3. The predicted molar refractivity (Wildman–Crippen MR) is 65.6 cm³/mol. The van der Waals surface area contributed by atoms with Gasteiger partial charge in [-0.2, -0.15) is 0 Å². The number of aliphatic hydroxyl groups is 2. The summed E-state index contributed by atoms with van der Waals surface area (Å²) in [6, 6.07) is 3.11. The Bertz CT molecular complexity index is 423. The summed E-state index contributed by atoms with van der Waals surface area (Å²) in [7, 11) is 0. The summed E-state index contributed by atoms with van der Waals surface area (Å²) in [5.41, 5.74) is 6.46. The first-order valence-electron chi connectivity index (χ1n) is 5.70. The Morgan fingerprint density at radius 1 is 1.50 bits per heavy atom. The first kappa shape index (κ1) is 14.4. The normalized spacial score (nSPS) is 14.0. The van der Waals surface area contributed by atoms with Gasteiger partial charge in [0.2, 0.25) is 0 Å². The molecule has 0 spiro atoms. The number of aromatic nitrogens is 1. The smallest absolute Gasteiger partial charge is 0.308 e. The van der Waals surface area contributed by atoms with Gasteiger partial charge >= 0.3 is 5.97 Å². The lowest BCUT2D eigenvalue weighted by Crippen LogP contribution is -2.24. The maximum atomic E-state index is 11.2. The van der Waals surface area contributed by atoms with Gasteiger partial charge in [0.25, 0.3) is 0 Å². The molecule has 18 heavy (non-hydrogen) atoms. The van der Waals surface area contributed by atoms with Gasteiger partial charge in [0.15, 0.2) is 0 Å². The molecule has 0 aliphatic heterocycles. The van der Waals surface area contributed by atoms with Crippen LogP contribution < -0.4 is 5.73 Å². The fourth-order valence-electron chi connectivity index (χ4n) is 1.61. The minimum atomic E-state index is -1.23. The molecule has 1 aromatic heterocycles. The molecule has 2 atom stereocenters. The minimum absolute atomic E-state index is 0.240. The number of hydrogen-bond acceptors (Lipinski definition) is 6. The zero-order chi connectivity index (χ0) is 13.7. The van der Waals surface area contributed by atoms with Crippen molar-refractivity contribution in [3.05, 3.63) is 23.4 Å². The lowest BCUT2D eigenvalue weighted by atomic mass is 10.0. The van der Waals surface area contributed by atoms with Gasteiger partial charge in [-0.3, -0.25) is 4.79 Å². The number of rotatable bonds is 5. The topological polar surface area (TPSA) is 106 Å². The van der Waals surface area contributed by atoms with Crippen molar-refractivity contribution in [3.8, 4) is 0 Å². The monoisotopic (exact) mass is 254 g/mol. The van der Waals surface area contributed by atoms with E-state index in [9.17, 15) is 15.0 Å². The zero-order valence-corrected chi connectivity index (χ0v) is 10.5. The highest BCUT2D eigenvalue weighted by molar-refractivity contribution is 5.70. The van der Waals surface area contributed by atoms with Crippen LogP contribution in [0.25, 0.3) is 0 Å². The van der Waals surface area contributed by atoms with Crippen molar-refractivity contribution < 1.29 is 19.7 Å². The van der Waals surface area contributed by atoms with Crippen LogP contribution in [0.3, 0.4) is 0 Å². The summed E-state index contributed by atoms with van der Waals surface area (Å²) < 4.78 is 4.70. The van der Waals surface area contributed by atoms with Crippen molar-refractivity contribution in [2.75, 3.05) is 12.3 Å². The van der Waals surface area contributed by atoms with E-state index in [4.69, 9.17) is 10.5 Å². The number of anilines is 1. The van der Waals surface area contributed by atoms with Crippen LogP contribution in [0.1, 0.15) is 30.7 Å². The number of aryl methyl sites for hydroxylation is 1. The van der Waals surface area contributed by atoms with Crippen molar-refractivity contribution in [1.82, 2.24) is 4.98 Å². The van der Waals surface area contributed by atoms with E-state index in [1.54, 1.807) is 19.9 Å². The average molecular weight is 254 g/mol. The number of carbonyl (C=O) groups excluding carboxylic acids is 1. The molecular weight excluding hydrogens is 236 g/mol. The van der Waals surface area contributed by atoms with Gasteiger partial charge < -0.3 is 20.7 Å². The van der Waals surface area contributed by atoms with Gasteiger partial charge in [0.1, 0.15) is 11.9 Å². The number of pyridine rings is 1. The number of nitrogens with two attached hydrogens (primary N) is 1. The number of nitrogen functional groups attached to an aromatic ring is 1. The molecule has 0 aromatic carbocycles. The van der Waals surface area contributed by atoms with Crippen LogP contribution in [-0.2, 0) is 9.53 Å². The number of ether oxygens (including phenoxy) is 1. The third-order valence-electron chi connectivity index (χ3n) is 2.51. The van der Waals surface area contributed by atoms with E-state index in [1.807, 2.05) is 0 Å². The predicted octanol–water partition coefficient (Wildman–Crippen LogP) is 0.320. The molecular formula is C12H18N2O4. The van der Waals surface area contributed by atoms with Crippen molar-refractivity contribution in [2.45, 2.75) is 32.5 Å². The molecule has 0 fully saturated rings. The highest BCUT2D eigenvalue weighted by atomic mass is 16.5. The Kier molecular flexibility index (Phi) is 5.06. The standard InChI is InChI=1S/C12H18N2O4/c1-3-18-11(16)6-9(15)12(17)8-4-5-10(13)14-7(8)2/h4-5,9,12,15,17H,3,6H2,1-2H3,(H2,13,14). The molecule has 100 valence electrons. The molecule has 2 unspecified atom stereocenters. The Morgan fingerprint density at radius 2 is 2.17 bits per heavy atom. The fourth-order valence-corrected chi connectivity index (χ4v) is 1.61. The molecule has 1 heterocycles. The van der Waals surface area contributed by atoms with E-state index in [0.717, 1.165) is 0 Å². The Labute approximate surface area is 105 Å². The molecule has 0 bridgehead atoms. The Morgan fingerprint density at radius 3 is 2.72 bits per heavy atom. The molecule has 0 aliphatic rings. The highest BCUT2D eigenvalue weighted by Gasteiger charge is 2.23. The molecule has 4 N–H and O–H groups in total. The average Bonchev–Trinajstić information content (AvgIpc) is 2.28. The molecule has 0 saturated carbocycles. The van der Waals surface area contributed by atoms with Gasteiger partial charge in [-0.05, 0) is 19.9 Å². The van der Waals surface area contributed by atoms with E-state index in [-0.39, 0.29) is 13.0 Å². The van der Waals surface area contributed by atoms with Crippen LogP contribution in [0.5, 0.6) is 0 Å². The molecule has 0 radical (unpaired) electrons. The number of esters is 1. The van der Waals surface area contributed by atoms with Crippen molar-refractivity contribution >= 4 is 11.8 Å². The summed E-state index contributed by atoms with van der Waals surface area (Å²) in [6.45, 7) is 3.59. The van der Waals surface area contributed by atoms with Gasteiger partial charge in [-0.1, -0.05) is 6.07 Å². The quantitative estimate of drug-likeness (QED) is 0.653. The Hall–Kier alpha value is -1.66. The molecule has 0 saturated heterocycles. The second-order valence-corrected chi connectivity index (χ2v) is 3.93. The Balaban J connectivity index is 2.73. The third-order valence-corrected chi connectivity index (χ3v) is 2.51. The maximum Gasteiger partial charge on any atom is 0.308 e. The molecule has 0 aliphatic carbocycles. The van der Waals surface area contributed by atoms with Crippen LogP contribution in [-0.4, -0.2) is 33.9 Å². The van der Waals surface area contributed by atoms with Crippen LogP contribution in [0.2, 0.25) is 0 Å². The van der Waals surface area contributed by atoms with Crippen molar-refractivity contribution in [2.24, 2.45) is 0 Å². The number of nitrogens with zero attached hydrogens (tertiary/aromatic N) is 1. The molecule has 1 rings (SSSR count). The van der Waals surface area contributed by atoms with Crippen molar-refractivity contribution in [1.29, 1.82) is 0 Å². The van der Waals surface area contributed by atoms with Gasteiger partial charge in [0.05, 0.1) is 19.1 Å². The third kappa shape index (κ3) is 3.68. The van der Waals surface area contributed by atoms with Crippen LogP contribution in [0.15, 0.2) is 12.1 Å². The molecule has 0 amide bonds. The SMILES string of the molecule is CCOC(=O)CC(O)C(O)c1ccc(N)nc1C. The van der Waals surface area contributed by atoms with Crippen LogP contribution in [0.4, 0.5) is 5.82 Å². The first-order chi connectivity index (χ1) is 8.45. The zero-order valence-electron chi connectivity index (χ0n) is 10.5. The summed E-state index contributed by atoms with van der Waals surface area (Å²) in [4.78, 5) is 15.2. The number of carbonyl (C=O) groups is 1. The van der Waals surface area contributed by atoms with Gasteiger partial charge in [-0.25, -0.2) is 4.98 Å². The second-order valence-electron chi connectivity index (χ2n) is 3.93. The van der Waals surface area contributed by atoms with E-state index < -0.39 is 18.2 Å². The second kappa shape index (κ2) is 6.32. The maximum absolute atomic E-state index is 11.2. The molecule has 6 nitrogen and oxygen atoms in total. The molecule has 1 aromatic rings. The summed E-state index contributed by atoms with van der Waals surface area (Å²) in [6.07, 6.45) is -2.69. The lowest BCUT2D eigenvalue weighted by molar-refractivity contribution is -0.147. The largest absolute Gasteiger partial charge is 0.466 e. The van der Waals surface area contributed by atoms with E-state index in [1.165, 1.54) is 6.07 Å².